The normalized spacial score (nSPS) is 34.7. The van der Waals surface area contributed by atoms with Gasteiger partial charge in [0, 0.05) is 24.0 Å². The fourth-order valence-corrected chi connectivity index (χ4v) is 4.18. The number of hydrogen-bond donors (Lipinski definition) is 0. The lowest BCUT2D eigenvalue weighted by atomic mass is 9.72. The second-order valence-electron chi connectivity index (χ2n) is 7.67. The third-order valence-corrected chi connectivity index (χ3v) is 5.57. The fraction of sp³-hybridized carbons (Fsp3) is 0.526. The largest absolute Gasteiger partial charge is 0.458 e. The van der Waals surface area contributed by atoms with Crippen molar-refractivity contribution < 1.29 is 28.6 Å². The van der Waals surface area contributed by atoms with Crippen molar-refractivity contribution in [2.75, 3.05) is 0 Å². The summed E-state index contributed by atoms with van der Waals surface area (Å²) in [7, 11) is 0. The Labute approximate surface area is 145 Å². The van der Waals surface area contributed by atoms with Gasteiger partial charge in [-0.15, -0.1) is 0 Å². The molecule has 6 nitrogen and oxygen atoms in total. The maximum Gasteiger partial charge on any atom is 0.338 e. The Kier molecular flexibility index (Phi) is 3.42. The topological polar surface area (TPSA) is 78.9 Å². The number of carbonyl (C=O) groups excluding carboxylic acids is 3. The van der Waals surface area contributed by atoms with E-state index in [0.717, 1.165) is 17.6 Å². The van der Waals surface area contributed by atoms with Crippen molar-refractivity contribution in [2.45, 2.75) is 52.4 Å². The molecule has 0 spiro atoms. The first-order valence-corrected chi connectivity index (χ1v) is 8.50. The highest BCUT2D eigenvalue weighted by molar-refractivity contribution is 6.00. The molecule has 0 aromatic carbocycles. The minimum Gasteiger partial charge on any atom is -0.458 e. The molecule has 0 N–H and O–H groups in total. The lowest BCUT2D eigenvalue weighted by molar-refractivity contribution is -0.152. The van der Waals surface area contributed by atoms with Crippen LogP contribution in [0, 0.1) is 11.3 Å². The molecular formula is C19H20O6. The molecule has 0 bridgehead atoms. The number of cyclic esters (lactones) is 1. The molecule has 4 rings (SSSR count). The van der Waals surface area contributed by atoms with Crippen LogP contribution in [-0.2, 0) is 28.6 Å². The van der Waals surface area contributed by atoms with Gasteiger partial charge in [0.25, 0.3) is 6.29 Å². The van der Waals surface area contributed by atoms with Gasteiger partial charge in [-0.05, 0) is 36.3 Å². The van der Waals surface area contributed by atoms with Crippen LogP contribution >= 0.6 is 0 Å². The van der Waals surface area contributed by atoms with E-state index in [4.69, 9.17) is 14.2 Å². The number of carbonyl (C=O) groups is 3. The van der Waals surface area contributed by atoms with Crippen molar-refractivity contribution in [1.82, 2.24) is 0 Å². The predicted molar refractivity (Wildman–Crippen MR) is 85.8 cm³/mol. The third-order valence-electron chi connectivity index (χ3n) is 5.57. The Bertz CT molecular complexity index is 782. The molecule has 3 unspecified atom stereocenters. The van der Waals surface area contributed by atoms with E-state index in [1.807, 2.05) is 0 Å². The highest BCUT2D eigenvalue weighted by Gasteiger charge is 2.54. The van der Waals surface area contributed by atoms with Crippen LogP contribution in [-0.4, -0.2) is 30.1 Å². The first-order valence-electron chi connectivity index (χ1n) is 8.50. The summed E-state index contributed by atoms with van der Waals surface area (Å²) < 4.78 is 16.1. The number of allylic oxidation sites excluding steroid dienone is 1. The van der Waals surface area contributed by atoms with Gasteiger partial charge in [0.15, 0.2) is 5.78 Å². The minimum absolute atomic E-state index is 0.153. The molecular weight excluding hydrogens is 324 g/mol. The van der Waals surface area contributed by atoms with E-state index in [9.17, 15) is 14.4 Å². The summed E-state index contributed by atoms with van der Waals surface area (Å²) in [6.07, 6.45) is 3.48. The summed E-state index contributed by atoms with van der Waals surface area (Å²) in [4.78, 5) is 36.0. The molecule has 0 saturated carbocycles. The zero-order valence-corrected chi connectivity index (χ0v) is 14.5. The Morgan fingerprint density at radius 1 is 1.20 bits per heavy atom. The van der Waals surface area contributed by atoms with Crippen molar-refractivity contribution in [2.24, 2.45) is 11.3 Å². The number of ketones is 1. The molecule has 2 aliphatic carbocycles. The van der Waals surface area contributed by atoms with E-state index in [1.54, 1.807) is 13.0 Å². The van der Waals surface area contributed by atoms with Crippen LogP contribution in [0.15, 0.2) is 34.6 Å². The zero-order valence-electron chi connectivity index (χ0n) is 14.5. The molecule has 0 aromatic heterocycles. The minimum atomic E-state index is -0.825. The average Bonchev–Trinajstić information content (AvgIpc) is 3.15. The lowest BCUT2D eigenvalue weighted by Crippen LogP contribution is -2.30. The number of fused-ring (bicyclic) bond motifs is 2. The van der Waals surface area contributed by atoms with Crippen LogP contribution in [0.1, 0.15) is 40.0 Å². The summed E-state index contributed by atoms with van der Waals surface area (Å²) in [6.45, 7) is 5.82. The van der Waals surface area contributed by atoms with Gasteiger partial charge in [-0.3, -0.25) is 4.79 Å². The van der Waals surface area contributed by atoms with Gasteiger partial charge in [-0.25, -0.2) is 9.59 Å². The van der Waals surface area contributed by atoms with Crippen LogP contribution in [0.5, 0.6) is 0 Å². The number of Topliss-reactive ketones (excluding diaryl/α,β-unsaturated/α-hetero) is 1. The Hall–Kier alpha value is -2.37. The molecule has 3 atom stereocenters. The molecule has 2 aliphatic heterocycles. The Morgan fingerprint density at radius 2 is 1.96 bits per heavy atom. The molecule has 0 aromatic rings. The van der Waals surface area contributed by atoms with Crippen molar-refractivity contribution in [3.05, 3.63) is 34.6 Å². The average molecular weight is 344 g/mol. The fourth-order valence-electron chi connectivity index (χ4n) is 4.18. The van der Waals surface area contributed by atoms with E-state index >= 15 is 0 Å². The summed E-state index contributed by atoms with van der Waals surface area (Å²) >= 11 is 0. The molecule has 0 amide bonds. The van der Waals surface area contributed by atoms with Crippen molar-refractivity contribution in [3.8, 4) is 0 Å². The van der Waals surface area contributed by atoms with E-state index < -0.39 is 18.2 Å². The smallest absolute Gasteiger partial charge is 0.338 e. The highest BCUT2D eigenvalue weighted by atomic mass is 16.7. The van der Waals surface area contributed by atoms with Gasteiger partial charge in [0.05, 0.1) is 11.8 Å². The van der Waals surface area contributed by atoms with Crippen LogP contribution < -0.4 is 0 Å². The molecule has 2 heterocycles. The Balaban J connectivity index is 1.58. The maximum atomic E-state index is 12.3. The quantitative estimate of drug-likeness (QED) is 0.435. The van der Waals surface area contributed by atoms with E-state index in [-0.39, 0.29) is 23.2 Å². The molecule has 6 heteroatoms. The molecule has 4 aliphatic rings. The zero-order chi connectivity index (χ0) is 17.9. The summed E-state index contributed by atoms with van der Waals surface area (Å²) in [5.74, 6) is -0.912. The summed E-state index contributed by atoms with van der Waals surface area (Å²) in [5.41, 5.74) is 2.50. The van der Waals surface area contributed by atoms with Crippen LogP contribution in [0.2, 0.25) is 0 Å². The first-order chi connectivity index (χ1) is 11.8. The third kappa shape index (κ3) is 2.42. The van der Waals surface area contributed by atoms with Crippen LogP contribution in [0.4, 0.5) is 0 Å². The van der Waals surface area contributed by atoms with E-state index in [1.165, 1.54) is 6.26 Å². The number of rotatable bonds is 2. The van der Waals surface area contributed by atoms with E-state index in [0.29, 0.717) is 24.0 Å². The van der Waals surface area contributed by atoms with Crippen molar-refractivity contribution in [1.29, 1.82) is 0 Å². The van der Waals surface area contributed by atoms with Gasteiger partial charge < -0.3 is 14.2 Å². The number of ether oxygens (including phenoxy) is 3. The predicted octanol–water partition coefficient (Wildman–Crippen LogP) is 2.35. The SMILES string of the molecule is CC1=CC(O/C=C2\C(=O)OC3C4=C(CC23)C(=O)CCC4(C)C)OC1=O. The van der Waals surface area contributed by atoms with Gasteiger partial charge in [-0.1, -0.05) is 13.8 Å². The Morgan fingerprint density at radius 3 is 2.64 bits per heavy atom. The molecule has 25 heavy (non-hydrogen) atoms. The lowest BCUT2D eigenvalue weighted by Gasteiger charge is -2.33. The van der Waals surface area contributed by atoms with Crippen molar-refractivity contribution >= 4 is 17.7 Å². The number of esters is 2. The molecule has 132 valence electrons. The second kappa shape index (κ2) is 5.31. The standard InChI is InChI=1S/C19H20O6/c1-9-6-14(24-17(9)21)23-8-12-10-7-11-13(20)4-5-19(2,3)15(11)16(10)25-18(12)22/h6,8,10,14,16H,4-5,7H2,1-3H3/b12-8-. The summed E-state index contributed by atoms with van der Waals surface area (Å²) in [5, 5.41) is 0. The monoisotopic (exact) mass is 344 g/mol. The van der Waals surface area contributed by atoms with Gasteiger partial charge in [-0.2, -0.15) is 0 Å². The summed E-state index contributed by atoms with van der Waals surface area (Å²) in [6, 6.07) is 0. The maximum absolute atomic E-state index is 12.3. The van der Waals surface area contributed by atoms with Gasteiger partial charge in [0.2, 0.25) is 0 Å². The number of hydrogen-bond acceptors (Lipinski definition) is 6. The highest BCUT2D eigenvalue weighted by Crippen LogP contribution is 2.53. The van der Waals surface area contributed by atoms with Gasteiger partial charge in [0.1, 0.15) is 6.10 Å². The molecule has 1 saturated heterocycles. The van der Waals surface area contributed by atoms with Crippen LogP contribution in [0.3, 0.4) is 0 Å². The second-order valence-corrected chi connectivity index (χ2v) is 7.67. The molecule has 1 fully saturated rings. The first kappa shape index (κ1) is 16.1. The van der Waals surface area contributed by atoms with Gasteiger partial charge >= 0.3 is 11.9 Å². The molecule has 0 radical (unpaired) electrons. The van der Waals surface area contributed by atoms with Crippen molar-refractivity contribution in [3.63, 3.8) is 0 Å². The van der Waals surface area contributed by atoms with E-state index in [2.05, 4.69) is 13.8 Å². The van der Waals surface area contributed by atoms with Crippen LogP contribution in [0.25, 0.3) is 0 Å².